The molecule has 5 heteroatoms. The van der Waals surface area contributed by atoms with Gasteiger partial charge in [0.1, 0.15) is 5.75 Å². The second-order valence-electron chi connectivity index (χ2n) is 7.05. The molecule has 0 saturated heterocycles. The van der Waals surface area contributed by atoms with Gasteiger partial charge < -0.3 is 9.30 Å². The molecule has 0 bridgehead atoms. The normalized spacial score (nSPS) is 12.1. The molecule has 4 nitrogen and oxygen atoms in total. The highest BCUT2D eigenvalue weighted by atomic mass is 32.1. The molecule has 0 spiro atoms. The van der Waals surface area contributed by atoms with E-state index in [1.807, 2.05) is 26.0 Å². The largest absolute Gasteiger partial charge is 0.491 e. The summed E-state index contributed by atoms with van der Waals surface area (Å²) in [6.07, 6.45) is 1.09. The molecular weight excluding hydrogens is 356 g/mol. The lowest BCUT2D eigenvalue weighted by atomic mass is 10.1. The summed E-state index contributed by atoms with van der Waals surface area (Å²) >= 11 is 1.57. The van der Waals surface area contributed by atoms with Gasteiger partial charge in [-0.3, -0.25) is 4.79 Å². The predicted molar refractivity (Wildman–Crippen MR) is 112 cm³/mol. The number of thiazole rings is 1. The van der Waals surface area contributed by atoms with Crippen molar-refractivity contribution in [1.29, 1.82) is 0 Å². The molecule has 0 saturated carbocycles. The monoisotopic (exact) mass is 382 g/mol. The van der Waals surface area contributed by atoms with Gasteiger partial charge in [0.25, 0.3) is 5.91 Å². The molecule has 27 heavy (non-hydrogen) atoms. The number of amides is 1. The quantitative estimate of drug-likeness (QED) is 0.604. The van der Waals surface area contributed by atoms with Crippen LogP contribution < -0.4 is 9.54 Å². The zero-order valence-corrected chi connectivity index (χ0v) is 17.4. The summed E-state index contributed by atoms with van der Waals surface area (Å²) in [5.41, 5.74) is 4.23. The number of aromatic nitrogens is 1. The zero-order chi connectivity index (χ0) is 19.6. The van der Waals surface area contributed by atoms with Crippen molar-refractivity contribution in [1.82, 2.24) is 4.57 Å². The molecule has 0 fully saturated rings. The predicted octanol–water partition coefficient (Wildman–Crippen LogP) is 5.26. The molecule has 1 heterocycles. The first-order valence-electron chi connectivity index (χ1n) is 9.35. The number of carbonyl (C=O) groups excluding carboxylic acids is 1. The van der Waals surface area contributed by atoms with E-state index in [9.17, 15) is 4.79 Å². The second-order valence-corrected chi connectivity index (χ2v) is 8.06. The van der Waals surface area contributed by atoms with Crippen LogP contribution in [0, 0.1) is 13.8 Å². The van der Waals surface area contributed by atoms with Crippen LogP contribution in [0.25, 0.3) is 10.2 Å². The Morgan fingerprint density at radius 1 is 1.15 bits per heavy atom. The summed E-state index contributed by atoms with van der Waals surface area (Å²) < 4.78 is 8.96. The number of nitrogens with zero attached hydrogens (tertiary/aromatic N) is 2. The molecule has 0 atom stereocenters. The Hall–Kier alpha value is -2.40. The third-order valence-corrected chi connectivity index (χ3v) is 5.46. The first-order chi connectivity index (χ1) is 12.9. The maximum Gasteiger partial charge on any atom is 0.279 e. The van der Waals surface area contributed by atoms with E-state index in [1.165, 1.54) is 15.8 Å². The summed E-state index contributed by atoms with van der Waals surface area (Å²) in [7, 11) is 0. The van der Waals surface area contributed by atoms with E-state index in [2.05, 4.69) is 42.5 Å². The van der Waals surface area contributed by atoms with Crippen molar-refractivity contribution in [3.8, 4) is 5.75 Å². The van der Waals surface area contributed by atoms with Crippen molar-refractivity contribution in [2.75, 3.05) is 0 Å². The van der Waals surface area contributed by atoms with Crippen LogP contribution in [0.1, 0.15) is 48.7 Å². The van der Waals surface area contributed by atoms with Crippen LogP contribution >= 0.6 is 11.3 Å². The van der Waals surface area contributed by atoms with E-state index in [1.54, 1.807) is 23.5 Å². The summed E-state index contributed by atoms with van der Waals surface area (Å²) in [5, 5.41) is 0. The molecule has 1 aromatic heterocycles. The molecule has 3 aromatic rings. The third-order valence-electron chi connectivity index (χ3n) is 4.42. The minimum absolute atomic E-state index is 0.106. The Bertz CT molecular complexity index is 1030. The van der Waals surface area contributed by atoms with Gasteiger partial charge in [-0.15, -0.1) is 0 Å². The molecule has 0 N–H and O–H groups in total. The van der Waals surface area contributed by atoms with E-state index in [-0.39, 0.29) is 12.0 Å². The van der Waals surface area contributed by atoms with Crippen LogP contribution in [-0.4, -0.2) is 16.6 Å². The molecular formula is C22H26N2O2S. The molecule has 2 aromatic carbocycles. The van der Waals surface area contributed by atoms with Crippen molar-refractivity contribution in [3.05, 3.63) is 57.9 Å². The Labute approximate surface area is 164 Å². The number of rotatable bonds is 5. The number of benzene rings is 2. The van der Waals surface area contributed by atoms with Crippen LogP contribution in [0.15, 0.2) is 41.4 Å². The standard InChI is InChI=1S/C22H26N2O2S/c1-6-11-24-19-12-15(4)16(5)13-20(19)27-22(24)23-21(25)17-7-9-18(10-8-17)26-14(2)3/h7-10,12-14H,6,11H2,1-5H3. The van der Waals surface area contributed by atoms with E-state index in [0.717, 1.165) is 29.0 Å². The number of ether oxygens (including phenoxy) is 1. The summed E-state index contributed by atoms with van der Waals surface area (Å²) in [6.45, 7) is 11.2. The fraction of sp³-hybridized carbons (Fsp3) is 0.364. The van der Waals surface area contributed by atoms with E-state index in [4.69, 9.17) is 4.74 Å². The summed E-state index contributed by atoms with van der Waals surface area (Å²) in [5.74, 6) is 0.534. The molecule has 142 valence electrons. The molecule has 3 rings (SSSR count). The number of carbonyl (C=O) groups is 1. The van der Waals surface area contributed by atoms with Crippen LogP contribution in [-0.2, 0) is 6.54 Å². The maximum absolute atomic E-state index is 12.7. The van der Waals surface area contributed by atoms with Crippen LogP contribution in [0.5, 0.6) is 5.75 Å². The fourth-order valence-electron chi connectivity index (χ4n) is 2.95. The Morgan fingerprint density at radius 3 is 2.44 bits per heavy atom. The van der Waals surface area contributed by atoms with Crippen molar-refractivity contribution in [2.24, 2.45) is 4.99 Å². The van der Waals surface area contributed by atoms with Crippen molar-refractivity contribution in [2.45, 2.75) is 53.7 Å². The van der Waals surface area contributed by atoms with Crippen molar-refractivity contribution in [3.63, 3.8) is 0 Å². The van der Waals surface area contributed by atoms with E-state index < -0.39 is 0 Å². The minimum Gasteiger partial charge on any atom is -0.491 e. The van der Waals surface area contributed by atoms with Crippen molar-refractivity contribution >= 4 is 27.5 Å². The average Bonchev–Trinajstić information content (AvgIpc) is 2.92. The van der Waals surface area contributed by atoms with E-state index in [0.29, 0.717) is 5.56 Å². The summed E-state index contributed by atoms with van der Waals surface area (Å²) in [6, 6.07) is 11.6. The highest BCUT2D eigenvalue weighted by molar-refractivity contribution is 7.16. The SMILES string of the molecule is CCCn1c(=NC(=O)c2ccc(OC(C)C)cc2)sc2cc(C)c(C)cc21. The number of aryl methyl sites for hydroxylation is 3. The van der Waals surface area contributed by atoms with Gasteiger partial charge in [-0.2, -0.15) is 4.99 Å². The van der Waals surface area contributed by atoms with Crippen LogP contribution in [0.3, 0.4) is 0 Å². The lowest BCUT2D eigenvalue weighted by molar-refractivity contribution is 0.0998. The van der Waals surface area contributed by atoms with Gasteiger partial charge in [-0.25, -0.2) is 0 Å². The molecule has 0 unspecified atom stereocenters. The molecule has 0 aliphatic carbocycles. The zero-order valence-electron chi connectivity index (χ0n) is 16.6. The molecule has 0 radical (unpaired) electrons. The lowest BCUT2D eigenvalue weighted by Gasteiger charge is -2.09. The van der Waals surface area contributed by atoms with Gasteiger partial charge in [0.05, 0.1) is 16.3 Å². The van der Waals surface area contributed by atoms with Crippen LogP contribution in [0.4, 0.5) is 0 Å². The van der Waals surface area contributed by atoms with Crippen molar-refractivity contribution < 1.29 is 9.53 Å². The van der Waals surface area contributed by atoms with Gasteiger partial charge in [0.2, 0.25) is 0 Å². The lowest BCUT2D eigenvalue weighted by Crippen LogP contribution is -2.17. The first-order valence-corrected chi connectivity index (χ1v) is 10.2. The highest BCUT2D eigenvalue weighted by Crippen LogP contribution is 2.22. The minimum atomic E-state index is -0.226. The number of hydrogen-bond acceptors (Lipinski definition) is 3. The average molecular weight is 383 g/mol. The van der Waals surface area contributed by atoms with Gasteiger partial charge in [-0.05, 0) is 81.6 Å². The topological polar surface area (TPSA) is 43.6 Å². The Balaban J connectivity index is 2.01. The van der Waals surface area contributed by atoms with Gasteiger partial charge in [0.15, 0.2) is 4.80 Å². The molecule has 1 amide bonds. The van der Waals surface area contributed by atoms with Crippen LogP contribution in [0.2, 0.25) is 0 Å². The molecule has 0 aliphatic rings. The number of fused-ring (bicyclic) bond motifs is 1. The highest BCUT2D eigenvalue weighted by Gasteiger charge is 2.10. The van der Waals surface area contributed by atoms with Gasteiger partial charge >= 0.3 is 0 Å². The molecule has 0 aliphatic heterocycles. The van der Waals surface area contributed by atoms with Gasteiger partial charge in [-0.1, -0.05) is 18.3 Å². The maximum atomic E-state index is 12.7. The fourth-order valence-corrected chi connectivity index (χ4v) is 4.08. The van der Waals surface area contributed by atoms with E-state index >= 15 is 0 Å². The third kappa shape index (κ3) is 4.30. The first kappa shape index (κ1) is 19.4. The Morgan fingerprint density at radius 2 is 1.81 bits per heavy atom. The summed E-state index contributed by atoms with van der Waals surface area (Å²) in [4.78, 5) is 17.9. The number of hydrogen-bond donors (Lipinski definition) is 0. The smallest absolute Gasteiger partial charge is 0.279 e. The Kier molecular flexibility index (Phi) is 5.80. The second kappa shape index (κ2) is 8.09. The van der Waals surface area contributed by atoms with Gasteiger partial charge in [0, 0.05) is 12.1 Å².